The first-order valence-electron chi connectivity index (χ1n) is 7.68. The zero-order valence-electron chi connectivity index (χ0n) is 13.5. The second-order valence-electron chi connectivity index (χ2n) is 6.56. The van der Waals surface area contributed by atoms with Crippen LogP contribution < -0.4 is 10.6 Å². The van der Waals surface area contributed by atoms with Crippen LogP contribution in [0.25, 0.3) is 0 Å². The highest BCUT2D eigenvalue weighted by Gasteiger charge is 2.37. The van der Waals surface area contributed by atoms with Crippen LogP contribution in [0.4, 0.5) is 4.79 Å². The smallest absolute Gasteiger partial charge is 0.407 e. The normalized spacial score (nSPS) is 21.2. The minimum atomic E-state index is -0.899. The molecular weight excluding hydrogens is 288 g/mol. The molecule has 0 bridgehead atoms. The van der Waals surface area contributed by atoms with Gasteiger partial charge < -0.3 is 20.5 Å². The van der Waals surface area contributed by atoms with Crippen LogP contribution in [0.2, 0.25) is 0 Å². The van der Waals surface area contributed by atoms with Gasteiger partial charge in [0.1, 0.15) is 5.60 Å². The van der Waals surface area contributed by atoms with E-state index in [1.165, 1.54) is 0 Å². The van der Waals surface area contributed by atoms with E-state index >= 15 is 0 Å². The molecule has 126 valence electrons. The van der Waals surface area contributed by atoms with Crippen molar-refractivity contribution in [3.63, 3.8) is 0 Å². The third-order valence-corrected chi connectivity index (χ3v) is 3.49. The molecule has 3 N–H and O–H groups in total. The lowest BCUT2D eigenvalue weighted by Crippen LogP contribution is -2.37. The molecular formula is C15H26N2O5. The lowest BCUT2D eigenvalue weighted by atomic mass is 9.95. The van der Waals surface area contributed by atoms with Gasteiger partial charge in [-0.05, 0) is 40.0 Å². The highest BCUT2D eigenvalue weighted by atomic mass is 16.6. The second kappa shape index (κ2) is 8.00. The van der Waals surface area contributed by atoms with Gasteiger partial charge >= 0.3 is 12.1 Å². The summed E-state index contributed by atoms with van der Waals surface area (Å²) in [5.41, 5.74) is -0.535. The number of carboxylic acid groups (broad SMARTS) is 1. The Hall–Kier alpha value is -1.79. The van der Waals surface area contributed by atoms with Gasteiger partial charge in [-0.2, -0.15) is 0 Å². The van der Waals surface area contributed by atoms with Gasteiger partial charge in [0.25, 0.3) is 0 Å². The number of aliphatic carboxylic acids is 1. The number of carbonyl (C=O) groups excluding carboxylic acids is 2. The molecule has 1 fully saturated rings. The SMILES string of the molecule is CC(C)(C)OC(=O)NCCCNC(=O)[C@@H]1CCC[C@@H]1C(=O)O. The standard InChI is InChI=1S/C15H26N2O5/c1-15(2,3)22-14(21)17-9-5-8-16-12(18)10-6-4-7-11(10)13(19)20/h10-11H,4-9H2,1-3H3,(H,16,18)(H,17,21)(H,19,20)/t10-,11+/m1/s1. The molecule has 0 aromatic rings. The number of ether oxygens (including phenoxy) is 1. The Bertz CT molecular complexity index is 417. The molecule has 2 amide bonds. The Kier molecular flexibility index (Phi) is 6.64. The third-order valence-electron chi connectivity index (χ3n) is 3.49. The van der Waals surface area contributed by atoms with Crippen molar-refractivity contribution in [1.82, 2.24) is 10.6 Å². The first kappa shape index (κ1) is 18.3. The fourth-order valence-corrected chi connectivity index (χ4v) is 2.51. The van der Waals surface area contributed by atoms with E-state index in [1.807, 2.05) is 0 Å². The van der Waals surface area contributed by atoms with Gasteiger partial charge in [0.15, 0.2) is 0 Å². The number of alkyl carbamates (subject to hydrolysis) is 1. The van der Waals surface area contributed by atoms with Crippen LogP contribution in [0.1, 0.15) is 46.5 Å². The number of rotatable bonds is 6. The zero-order valence-corrected chi connectivity index (χ0v) is 13.5. The van der Waals surface area contributed by atoms with E-state index in [9.17, 15) is 14.4 Å². The largest absolute Gasteiger partial charge is 0.481 e. The molecule has 0 aromatic heterocycles. The molecule has 1 aliphatic carbocycles. The van der Waals surface area contributed by atoms with Gasteiger partial charge in [-0.1, -0.05) is 6.42 Å². The summed E-state index contributed by atoms with van der Waals surface area (Å²) in [5.74, 6) is -2.11. The van der Waals surface area contributed by atoms with E-state index in [2.05, 4.69) is 10.6 Å². The predicted molar refractivity (Wildman–Crippen MR) is 80.3 cm³/mol. The van der Waals surface area contributed by atoms with Gasteiger partial charge in [-0.3, -0.25) is 9.59 Å². The number of hydrogen-bond donors (Lipinski definition) is 3. The molecule has 22 heavy (non-hydrogen) atoms. The van der Waals surface area contributed by atoms with E-state index in [-0.39, 0.29) is 5.91 Å². The van der Waals surface area contributed by atoms with Crippen LogP contribution in [0.15, 0.2) is 0 Å². The molecule has 1 saturated carbocycles. The molecule has 7 heteroatoms. The van der Waals surface area contributed by atoms with Gasteiger partial charge in [-0.15, -0.1) is 0 Å². The molecule has 0 unspecified atom stereocenters. The summed E-state index contributed by atoms with van der Waals surface area (Å²) >= 11 is 0. The fraction of sp³-hybridized carbons (Fsp3) is 0.800. The number of carboxylic acids is 1. The summed E-state index contributed by atoms with van der Waals surface area (Å²) in [6.07, 6.45) is 2.04. The summed E-state index contributed by atoms with van der Waals surface area (Å²) in [6, 6.07) is 0. The molecule has 0 aromatic carbocycles. The van der Waals surface area contributed by atoms with Crippen molar-refractivity contribution in [2.24, 2.45) is 11.8 Å². The maximum absolute atomic E-state index is 12.0. The van der Waals surface area contributed by atoms with E-state index in [1.54, 1.807) is 20.8 Å². The molecule has 0 spiro atoms. The number of hydrogen-bond acceptors (Lipinski definition) is 4. The predicted octanol–water partition coefficient (Wildman–Crippen LogP) is 1.52. The Morgan fingerprint density at radius 1 is 1.09 bits per heavy atom. The number of carbonyl (C=O) groups is 3. The summed E-state index contributed by atoms with van der Waals surface area (Å²) in [5, 5.41) is 14.4. The van der Waals surface area contributed by atoms with Crippen molar-refractivity contribution in [1.29, 1.82) is 0 Å². The molecule has 1 aliphatic rings. The van der Waals surface area contributed by atoms with Crippen molar-refractivity contribution in [2.75, 3.05) is 13.1 Å². The Morgan fingerprint density at radius 2 is 1.68 bits per heavy atom. The Morgan fingerprint density at radius 3 is 2.27 bits per heavy atom. The monoisotopic (exact) mass is 314 g/mol. The van der Waals surface area contributed by atoms with Crippen molar-refractivity contribution in [2.45, 2.75) is 52.1 Å². The van der Waals surface area contributed by atoms with E-state index in [0.29, 0.717) is 32.4 Å². The Labute approximate surface area is 130 Å². The van der Waals surface area contributed by atoms with E-state index in [0.717, 1.165) is 6.42 Å². The molecule has 1 rings (SSSR count). The van der Waals surface area contributed by atoms with Crippen LogP contribution in [0.3, 0.4) is 0 Å². The average Bonchev–Trinajstić information content (AvgIpc) is 2.85. The minimum Gasteiger partial charge on any atom is -0.481 e. The van der Waals surface area contributed by atoms with Gasteiger partial charge in [0.2, 0.25) is 5.91 Å². The quantitative estimate of drug-likeness (QED) is 0.645. The summed E-state index contributed by atoms with van der Waals surface area (Å²) in [7, 11) is 0. The van der Waals surface area contributed by atoms with E-state index in [4.69, 9.17) is 9.84 Å². The first-order valence-corrected chi connectivity index (χ1v) is 7.68. The van der Waals surface area contributed by atoms with Crippen molar-refractivity contribution in [3.05, 3.63) is 0 Å². The minimum absolute atomic E-state index is 0.206. The summed E-state index contributed by atoms with van der Waals surface area (Å²) in [4.78, 5) is 34.4. The van der Waals surface area contributed by atoms with Crippen LogP contribution in [-0.2, 0) is 14.3 Å². The van der Waals surface area contributed by atoms with Crippen molar-refractivity contribution < 1.29 is 24.2 Å². The maximum Gasteiger partial charge on any atom is 0.407 e. The zero-order chi connectivity index (χ0) is 16.8. The van der Waals surface area contributed by atoms with Crippen molar-refractivity contribution >= 4 is 18.0 Å². The third kappa shape index (κ3) is 6.32. The van der Waals surface area contributed by atoms with E-state index < -0.39 is 29.5 Å². The second-order valence-corrected chi connectivity index (χ2v) is 6.56. The van der Waals surface area contributed by atoms with Crippen LogP contribution in [0, 0.1) is 11.8 Å². The molecule has 0 radical (unpaired) electrons. The Balaban J connectivity index is 2.18. The lowest BCUT2D eigenvalue weighted by Gasteiger charge is -2.19. The van der Waals surface area contributed by atoms with Crippen molar-refractivity contribution in [3.8, 4) is 0 Å². The topological polar surface area (TPSA) is 105 Å². The van der Waals surface area contributed by atoms with Gasteiger partial charge in [-0.25, -0.2) is 4.79 Å². The molecule has 0 saturated heterocycles. The molecule has 0 heterocycles. The highest BCUT2D eigenvalue weighted by molar-refractivity contribution is 5.85. The van der Waals surface area contributed by atoms with Crippen LogP contribution in [-0.4, -0.2) is 41.8 Å². The summed E-state index contributed by atoms with van der Waals surface area (Å²) < 4.78 is 5.08. The molecule has 7 nitrogen and oxygen atoms in total. The van der Waals surface area contributed by atoms with Crippen LogP contribution >= 0.6 is 0 Å². The molecule has 2 atom stereocenters. The van der Waals surface area contributed by atoms with Gasteiger partial charge in [0.05, 0.1) is 11.8 Å². The first-order chi connectivity index (χ1) is 10.2. The number of amides is 2. The summed E-state index contributed by atoms with van der Waals surface area (Å²) in [6.45, 7) is 6.15. The number of nitrogens with one attached hydrogen (secondary N) is 2. The molecule has 0 aliphatic heterocycles. The highest BCUT2D eigenvalue weighted by Crippen LogP contribution is 2.31. The van der Waals surface area contributed by atoms with Gasteiger partial charge in [0, 0.05) is 13.1 Å². The van der Waals surface area contributed by atoms with Crippen LogP contribution in [0.5, 0.6) is 0 Å². The maximum atomic E-state index is 12.0. The lowest BCUT2D eigenvalue weighted by molar-refractivity contribution is -0.146. The fourth-order valence-electron chi connectivity index (χ4n) is 2.51. The average molecular weight is 314 g/mol.